The summed E-state index contributed by atoms with van der Waals surface area (Å²) in [4.78, 5) is 7.65. The standard InChI is InChI=1S/C19H16FN3O2S/c20-15-7-5-14(6-8-15)3-1-9-23-10-11-24-13-16(23)19-21-18(22-25-19)17-4-2-12-26-17/h2,4-8,12,16H,9-11,13H2. The quantitative estimate of drug-likeness (QED) is 0.663. The zero-order valence-electron chi connectivity index (χ0n) is 13.9. The molecular weight excluding hydrogens is 353 g/mol. The number of ether oxygens (including phenoxy) is 1. The molecule has 26 heavy (non-hydrogen) atoms. The van der Waals surface area contributed by atoms with Crippen molar-refractivity contribution in [2.45, 2.75) is 6.04 Å². The topological polar surface area (TPSA) is 51.4 Å². The van der Waals surface area contributed by atoms with Gasteiger partial charge in [-0.3, -0.25) is 4.90 Å². The van der Waals surface area contributed by atoms with Gasteiger partial charge in [0, 0.05) is 12.1 Å². The highest BCUT2D eigenvalue weighted by atomic mass is 32.1. The summed E-state index contributed by atoms with van der Waals surface area (Å²) in [6.07, 6.45) is 0. The van der Waals surface area contributed by atoms with Crippen LogP contribution in [0.5, 0.6) is 0 Å². The summed E-state index contributed by atoms with van der Waals surface area (Å²) in [6.45, 7) is 2.41. The van der Waals surface area contributed by atoms with Crippen LogP contribution >= 0.6 is 11.3 Å². The molecule has 0 aliphatic carbocycles. The molecule has 1 unspecified atom stereocenters. The maximum atomic E-state index is 12.9. The van der Waals surface area contributed by atoms with Crippen LogP contribution in [0.1, 0.15) is 17.5 Å². The maximum absolute atomic E-state index is 12.9. The summed E-state index contributed by atoms with van der Waals surface area (Å²) < 4.78 is 24.0. The molecule has 0 saturated carbocycles. The summed E-state index contributed by atoms with van der Waals surface area (Å²) in [6, 6.07) is 9.96. The Morgan fingerprint density at radius 3 is 2.96 bits per heavy atom. The molecule has 0 spiro atoms. The van der Waals surface area contributed by atoms with Crippen LogP contribution in [0, 0.1) is 17.7 Å². The van der Waals surface area contributed by atoms with Crippen LogP contribution in [0.2, 0.25) is 0 Å². The lowest BCUT2D eigenvalue weighted by Gasteiger charge is -2.31. The largest absolute Gasteiger partial charge is 0.378 e. The van der Waals surface area contributed by atoms with Crippen LogP contribution in [0.4, 0.5) is 4.39 Å². The first-order chi connectivity index (χ1) is 12.8. The fourth-order valence-corrected chi connectivity index (χ4v) is 3.36. The van der Waals surface area contributed by atoms with E-state index in [9.17, 15) is 4.39 Å². The Morgan fingerprint density at radius 2 is 2.15 bits per heavy atom. The van der Waals surface area contributed by atoms with Gasteiger partial charge in [0.2, 0.25) is 11.7 Å². The van der Waals surface area contributed by atoms with E-state index in [0.717, 1.165) is 17.0 Å². The number of hydrogen-bond donors (Lipinski definition) is 0. The van der Waals surface area contributed by atoms with Gasteiger partial charge in [0.25, 0.3) is 0 Å². The number of rotatable bonds is 3. The van der Waals surface area contributed by atoms with E-state index in [1.165, 1.54) is 12.1 Å². The zero-order chi connectivity index (χ0) is 17.8. The molecule has 1 fully saturated rings. The van der Waals surface area contributed by atoms with Gasteiger partial charge in [0.15, 0.2) is 0 Å². The summed E-state index contributed by atoms with van der Waals surface area (Å²) in [5, 5.41) is 6.05. The number of benzene rings is 1. The molecular formula is C19H16FN3O2S. The predicted molar refractivity (Wildman–Crippen MR) is 96.0 cm³/mol. The fourth-order valence-electron chi connectivity index (χ4n) is 2.71. The van der Waals surface area contributed by atoms with Crippen molar-refractivity contribution in [3.8, 4) is 22.5 Å². The van der Waals surface area contributed by atoms with Crippen LogP contribution in [-0.4, -0.2) is 41.3 Å². The van der Waals surface area contributed by atoms with E-state index < -0.39 is 0 Å². The molecule has 0 bridgehead atoms. The molecule has 1 saturated heterocycles. The van der Waals surface area contributed by atoms with Gasteiger partial charge in [0.1, 0.15) is 11.9 Å². The van der Waals surface area contributed by atoms with Crippen LogP contribution < -0.4 is 0 Å². The minimum atomic E-state index is -0.262. The van der Waals surface area contributed by atoms with E-state index >= 15 is 0 Å². The summed E-state index contributed by atoms with van der Waals surface area (Å²) in [7, 11) is 0. The number of nitrogens with zero attached hydrogens (tertiary/aromatic N) is 3. The number of halogens is 1. The Balaban J connectivity index is 1.47. The molecule has 0 N–H and O–H groups in total. The lowest BCUT2D eigenvalue weighted by atomic mass is 10.2. The van der Waals surface area contributed by atoms with Crippen LogP contribution in [0.25, 0.3) is 10.7 Å². The van der Waals surface area contributed by atoms with Gasteiger partial charge in [-0.1, -0.05) is 23.1 Å². The average molecular weight is 369 g/mol. The summed E-state index contributed by atoms with van der Waals surface area (Å²) in [5.74, 6) is 7.06. The second kappa shape index (κ2) is 7.79. The summed E-state index contributed by atoms with van der Waals surface area (Å²) in [5.41, 5.74) is 0.786. The van der Waals surface area contributed by atoms with Crippen molar-refractivity contribution in [1.29, 1.82) is 0 Å². The fraction of sp³-hybridized carbons (Fsp3) is 0.263. The van der Waals surface area contributed by atoms with Gasteiger partial charge in [-0.15, -0.1) is 11.3 Å². The van der Waals surface area contributed by atoms with Crippen LogP contribution in [0.15, 0.2) is 46.3 Å². The molecule has 1 aliphatic heterocycles. The highest BCUT2D eigenvalue weighted by molar-refractivity contribution is 7.13. The van der Waals surface area contributed by atoms with Gasteiger partial charge in [-0.2, -0.15) is 4.98 Å². The van der Waals surface area contributed by atoms with Gasteiger partial charge < -0.3 is 9.26 Å². The predicted octanol–water partition coefficient (Wildman–Crippen LogP) is 3.36. The van der Waals surface area contributed by atoms with E-state index in [-0.39, 0.29) is 11.9 Å². The molecule has 2 aromatic heterocycles. The van der Waals surface area contributed by atoms with Crippen molar-refractivity contribution in [1.82, 2.24) is 15.0 Å². The monoisotopic (exact) mass is 369 g/mol. The lowest BCUT2D eigenvalue weighted by Crippen LogP contribution is -2.39. The SMILES string of the molecule is Fc1ccc(C#CCN2CCOCC2c2nc(-c3cccs3)no2)cc1. The number of hydrogen-bond acceptors (Lipinski definition) is 6. The molecule has 1 aromatic carbocycles. The zero-order valence-corrected chi connectivity index (χ0v) is 14.7. The molecule has 3 aromatic rings. The van der Waals surface area contributed by atoms with Crippen molar-refractivity contribution < 1.29 is 13.7 Å². The van der Waals surface area contributed by atoms with E-state index in [1.807, 2.05) is 17.5 Å². The molecule has 1 atom stereocenters. The third-order valence-corrected chi connectivity index (χ3v) is 4.93. The third-order valence-electron chi connectivity index (χ3n) is 4.07. The van der Waals surface area contributed by atoms with Crippen molar-refractivity contribution in [2.24, 2.45) is 0 Å². The summed E-state index contributed by atoms with van der Waals surface area (Å²) >= 11 is 1.57. The number of aromatic nitrogens is 2. The molecule has 4 rings (SSSR count). The van der Waals surface area contributed by atoms with Crippen molar-refractivity contribution >= 4 is 11.3 Å². The van der Waals surface area contributed by atoms with Gasteiger partial charge in [0.05, 0.1) is 24.6 Å². The van der Waals surface area contributed by atoms with E-state index in [4.69, 9.17) is 9.26 Å². The highest BCUT2D eigenvalue weighted by Gasteiger charge is 2.29. The Hall–Kier alpha value is -2.53. The van der Waals surface area contributed by atoms with Crippen LogP contribution in [-0.2, 0) is 4.74 Å². The molecule has 1 aliphatic rings. The Bertz CT molecular complexity index is 912. The minimum absolute atomic E-state index is 0.118. The maximum Gasteiger partial charge on any atom is 0.246 e. The molecule has 7 heteroatoms. The van der Waals surface area contributed by atoms with Crippen molar-refractivity contribution in [2.75, 3.05) is 26.3 Å². The van der Waals surface area contributed by atoms with Gasteiger partial charge in [-0.05, 0) is 35.7 Å². The third kappa shape index (κ3) is 3.83. The average Bonchev–Trinajstić information content (AvgIpc) is 3.35. The van der Waals surface area contributed by atoms with E-state index in [1.54, 1.807) is 23.5 Å². The second-order valence-electron chi connectivity index (χ2n) is 5.80. The van der Waals surface area contributed by atoms with E-state index in [0.29, 0.717) is 31.5 Å². The first kappa shape index (κ1) is 16.9. The molecule has 3 heterocycles. The first-order valence-electron chi connectivity index (χ1n) is 8.23. The molecule has 132 valence electrons. The van der Waals surface area contributed by atoms with Gasteiger partial charge >= 0.3 is 0 Å². The molecule has 0 amide bonds. The van der Waals surface area contributed by atoms with Crippen molar-refractivity contribution in [3.05, 3.63) is 59.0 Å². The van der Waals surface area contributed by atoms with Crippen molar-refractivity contribution in [3.63, 3.8) is 0 Å². The Morgan fingerprint density at radius 1 is 1.27 bits per heavy atom. The molecule has 0 radical (unpaired) electrons. The van der Waals surface area contributed by atoms with Gasteiger partial charge in [-0.25, -0.2) is 4.39 Å². The second-order valence-corrected chi connectivity index (χ2v) is 6.75. The normalized spacial score (nSPS) is 17.7. The number of morpholine rings is 1. The minimum Gasteiger partial charge on any atom is -0.378 e. The Kier molecular flexibility index (Phi) is 5.07. The Labute approximate surface area is 154 Å². The highest BCUT2D eigenvalue weighted by Crippen LogP contribution is 2.26. The van der Waals surface area contributed by atoms with Crippen LogP contribution in [0.3, 0.4) is 0 Å². The van der Waals surface area contributed by atoms with E-state index in [2.05, 4.69) is 26.9 Å². The number of thiophene rings is 1. The lowest BCUT2D eigenvalue weighted by molar-refractivity contribution is -0.0132. The molecule has 5 nitrogen and oxygen atoms in total. The first-order valence-corrected chi connectivity index (χ1v) is 9.11. The smallest absolute Gasteiger partial charge is 0.246 e.